The van der Waals surface area contributed by atoms with Crippen molar-refractivity contribution in [2.75, 3.05) is 18.5 Å². The molecule has 0 spiro atoms. The fourth-order valence-corrected chi connectivity index (χ4v) is 1.84. The maximum absolute atomic E-state index is 13.4. The van der Waals surface area contributed by atoms with E-state index in [1.165, 1.54) is 18.3 Å². The van der Waals surface area contributed by atoms with Gasteiger partial charge in [0.2, 0.25) is 5.88 Å². The quantitative estimate of drug-likeness (QED) is 0.856. The van der Waals surface area contributed by atoms with Crippen molar-refractivity contribution in [3.8, 4) is 5.88 Å². The van der Waals surface area contributed by atoms with Crippen molar-refractivity contribution in [3.63, 3.8) is 0 Å². The van der Waals surface area contributed by atoms with Crippen molar-refractivity contribution >= 4 is 29.0 Å². The molecule has 19 heavy (non-hydrogen) atoms. The van der Waals surface area contributed by atoms with Crippen LogP contribution in [0.3, 0.4) is 0 Å². The Morgan fingerprint density at radius 1 is 1.53 bits per heavy atom. The first kappa shape index (κ1) is 14.0. The molecule has 0 saturated carbocycles. The van der Waals surface area contributed by atoms with E-state index in [9.17, 15) is 9.50 Å². The van der Waals surface area contributed by atoms with Crippen molar-refractivity contribution in [3.05, 3.63) is 35.2 Å². The molecule has 0 aliphatic carbocycles. The predicted octanol–water partition coefficient (Wildman–Crippen LogP) is 2.18. The van der Waals surface area contributed by atoms with Crippen LogP contribution in [0, 0.1) is 5.82 Å². The molecule has 0 saturated heterocycles. The first-order valence-electron chi connectivity index (χ1n) is 5.42. The molecule has 1 aromatic carbocycles. The number of nitrogens with zero attached hydrogens (tertiary/aromatic N) is 2. The first-order chi connectivity index (χ1) is 9.15. The second kappa shape index (κ2) is 6.65. The summed E-state index contributed by atoms with van der Waals surface area (Å²) in [6.45, 7) is 0.198. The highest BCUT2D eigenvalue weighted by Crippen LogP contribution is 2.18. The second-order valence-corrected chi connectivity index (χ2v) is 4.71. The van der Waals surface area contributed by atoms with Crippen LogP contribution in [-0.4, -0.2) is 33.1 Å². The third-order valence-corrected chi connectivity index (χ3v) is 2.92. The van der Waals surface area contributed by atoms with E-state index >= 15 is 0 Å². The van der Waals surface area contributed by atoms with E-state index in [1.54, 1.807) is 6.07 Å². The number of aliphatic hydroxyl groups is 1. The van der Waals surface area contributed by atoms with Gasteiger partial charge >= 0.3 is 0 Å². The number of rotatable bonds is 6. The van der Waals surface area contributed by atoms with Gasteiger partial charge in [0.15, 0.2) is 0 Å². The molecule has 0 bridgehead atoms. The smallest absolute Gasteiger partial charge is 0.245 e. The predicted molar refractivity (Wildman–Crippen MR) is 71.3 cm³/mol. The summed E-state index contributed by atoms with van der Waals surface area (Å²) in [6.07, 6.45) is 0.667. The number of hydrogen-bond acceptors (Lipinski definition) is 6. The lowest BCUT2D eigenvalue weighted by atomic mass is 10.3. The largest absolute Gasteiger partial charge is 0.473 e. The molecule has 2 rings (SSSR count). The van der Waals surface area contributed by atoms with E-state index in [-0.39, 0.29) is 18.8 Å². The molecule has 2 aromatic rings. The Balaban J connectivity index is 1.78. The molecule has 1 unspecified atom stereocenters. The van der Waals surface area contributed by atoms with Gasteiger partial charge in [-0.1, -0.05) is 11.6 Å². The lowest BCUT2D eigenvalue weighted by Gasteiger charge is -2.13. The normalized spacial score (nSPS) is 12.2. The Bertz CT molecular complexity index is 527. The highest BCUT2D eigenvalue weighted by molar-refractivity contribution is 6.99. The van der Waals surface area contributed by atoms with Crippen LogP contribution in [0.15, 0.2) is 24.4 Å². The van der Waals surface area contributed by atoms with Crippen LogP contribution < -0.4 is 10.1 Å². The molecule has 102 valence electrons. The number of halogens is 2. The highest BCUT2D eigenvalue weighted by Gasteiger charge is 2.08. The molecule has 5 nitrogen and oxygen atoms in total. The van der Waals surface area contributed by atoms with Crippen LogP contribution in [0.5, 0.6) is 5.88 Å². The van der Waals surface area contributed by atoms with Crippen LogP contribution in [0.25, 0.3) is 0 Å². The minimum atomic E-state index is -0.795. The molecule has 0 amide bonds. The average Bonchev–Trinajstić information content (AvgIpc) is 2.88. The van der Waals surface area contributed by atoms with Gasteiger partial charge in [0, 0.05) is 11.6 Å². The Kier molecular flexibility index (Phi) is 4.89. The molecule has 0 aliphatic heterocycles. The third kappa shape index (κ3) is 4.30. The Morgan fingerprint density at radius 3 is 3.05 bits per heavy atom. The summed E-state index contributed by atoms with van der Waals surface area (Å²) in [6, 6.07) is 4.28. The number of ether oxygens (including phenoxy) is 1. The number of benzene rings is 1. The summed E-state index contributed by atoms with van der Waals surface area (Å²) >= 11 is 6.66. The van der Waals surface area contributed by atoms with Gasteiger partial charge in [0.05, 0.1) is 17.4 Å². The lowest BCUT2D eigenvalue weighted by Crippen LogP contribution is -2.26. The van der Waals surface area contributed by atoms with Gasteiger partial charge in [-0.05, 0) is 18.2 Å². The van der Waals surface area contributed by atoms with Crippen molar-refractivity contribution in [1.29, 1.82) is 0 Å². The number of hydrogen-bond donors (Lipinski definition) is 2. The fourth-order valence-electron chi connectivity index (χ4n) is 1.32. The van der Waals surface area contributed by atoms with Crippen LogP contribution in [0.2, 0.25) is 5.02 Å². The van der Waals surface area contributed by atoms with Gasteiger partial charge < -0.3 is 15.2 Å². The summed E-state index contributed by atoms with van der Waals surface area (Å²) in [4.78, 5) is 0. The van der Waals surface area contributed by atoms with Crippen molar-refractivity contribution < 1.29 is 14.2 Å². The maximum atomic E-state index is 13.4. The maximum Gasteiger partial charge on any atom is 0.245 e. The number of anilines is 1. The molecule has 0 aliphatic rings. The minimum Gasteiger partial charge on any atom is -0.473 e. The van der Waals surface area contributed by atoms with Crippen molar-refractivity contribution in [2.24, 2.45) is 0 Å². The van der Waals surface area contributed by atoms with Gasteiger partial charge in [-0.2, -0.15) is 4.37 Å². The van der Waals surface area contributed by atoms with Gasteiger partial charge in [-0.25, -0.2) is 4.39 Å². The molecule has 2 N–H and O–H groups in total. The van der Waals surface area contributed by atoms with E-state index in [0.29, 0.717) is 10.9 Å². The molecule has 0 fully saturated rings. The van der Waals surface area contributed by atoms with E-state index < -0.39 is 11.9 Å². The van der Waals surface area contributed by atoms with E-state index in [1.807, 2.05) is 0 Å². The molecule has 8 heteroatoms. The Labute approximate surface area is 118 Å². The Morgan fingerprint density at radius 2 is 2.37 bits per heavy atom. The fraction of sp³-hybridized carbons (Fsp3) is 0.273. The summed E-state index contributed by atoms with van der Waals surface area (Å²) in [7, 11) is 0. The summed E-state index contributed by atoms with van der Waals surface area (Å²) in [5.74, 6) is -0.106. The highest BCUT2D eigenvalue weighted by atomic mass is 35.5. The summed E-state index contributed by atoms with van der Waals surface area (Å²) in [5, 5.41) is 12.8. The zero-order chi connectivity index (χ0) is 13.7. The standard InChI is InChI=1S/C11H11ClFN3O2S/c12-7-1-2-10(9(13)3-7)14-4-8(17)6-18-11-5-15-19-16-11/h1-3,5,8,14,17H,4,6H2. The van der Waals surface area contributed by atoms with Crippen LogP contribution in [-0.2, 0) is 0 Å². The van der Waals surface area contributed by atoms with Crippen molar-refractivity contribution in [1.82, 2.24) is 8.75 Å². The van der Waals surface area contributed by atoms with E-state index in [4.69, 9.17) is 16.3 Å². The molecular formula is C11H11ClFN3O2S. The second-order valence-electron chi connectivity index (χ2n) is 3.72. The first-order valence-corrected chi connectivity index (χ1v) is 6.53. The van der Waals surface area contributed by atoms with Gasteiger partial charge in [-0.15, -0.1) is 4.37 Å². The topological polar surface area (TPSA) is 67.3 Å². The molecule has 1 aromatic heterocycles. The lowest BCUT2D eigenvalue weighted by molar-refractivity contribution is 0.115. The molecule has 1 heterocycles. The Hall–Kier alpha value is -1.44. The molecule has 1 atom stereocenters. The average molecular weight is 304 g/mol. The zero-order valence-corrected chi connectivity index (χ0v) is 11.3. The molecular weight excluding hydrogens is 293 g/mol. The number of aromatic nitrogens is 2. The number of nitrogens with one attached hydrogen (secondary N) is 1. The van der Waals surface area contributed by atoms with Crippen LogP contribution in [0.1, 0.15) is 0 Å². The van der Waals surface area contributed by atoms with Crippen LogP contribution >= 0.6 is 23.3 Å². The minimum absolute atomic E-state index is 0.0492. The van der Waals surface area contributed by atoms with Gasteiger partial charge in [0.1, 0.15) is 24.7 Å². The van der Waals surface area contributed by atoms with Crippen molar-refractivity contribution in [2.45, 2.75) is 6.10 Å². The van der Waals surface area contributed by atoms with E-state index in [2.05, 4.69) is 14.1 Å². The third-order valence-electron chi connectivity index (χ3n) is 2.22. The monoisotopic (exact) mass is 303 g/mol. The van der Waals surface area contributed by atoms with Crippen LogP contribution in [0.4, 0.5) is 10.1 Å². The van der Waals surface area contributed by atoms with Gasteiger partial charge in [-0.3, -0.25) is 0 Å². The SMILES string of the molecule is OC(CNc1ccc(Cl)cc1F)COc1cnsn1. The molecule has 0 radical (unpaired) electrons. The van der Waals surface area contributed by atoms with E-state index in [0.717, 1.165) is 11.7 Å². The summed E-state index contributed by atoms with van der Waals surface area (Å²) in [5.41, 5.74) is 0.277. The van der Waals surface area contributed by atoms with Gasteiger partial charge in [0.25, 0.3) is 0 Å². The zero-order valence-electron chi connectivity index (χ0n) is 9.72. The number of aliphatic hydroxyl groups excluding tert-OH is 1. The summed E-state index contributed by atoms with van der Waals surface area (Å²) < 4.78 is 26.2.